The molecule has 3 aromatic rings. The normalized spacial score (nSPS) is 11.7. The molecule has 0 saturated carbocycles. The van der Waals surface area contributed by atoms with Gasteiger partial charge in [0.2, 0.25) is 0 Å². The number of carbonyl (C=O) groups is 2. The van der Waals surface area contributed by atoms with E-state index in [2.05, 4.69) is 4.98 Å². The van der Waals surface area contributed by atoms with E-state index in [0.717, 1.165) is 16.7 Å². The molecule has 2 heterocycles. The average molecular weight is 383 g/mol. The second kappa shape index (κ2) is 8.46. The molecule has 0 aliphatic rings. The Labute approximate surface area is 159 Å². The van der Waals surface area contributed by atoms with Gasteiger partial charge in [0, 0.05) is 23.7 Å². The summed E-state index contributed by atoms with van der Waals surface area (Å²) in [5.74, 6) is -0.967. The SMILES string of the molecule is O=Cc1ccc(CC(=O)OC(Cc2ccncc2)c2ccc(O)c(O)c2)s1. The Hall–Kier alpha value is -3.19. The number of nitrogens with zero attached hydrogens (tertiary/aromatic N) is 1. The summed E-state index contributed by atoms with van der Waals surface area (Å²) in [5, 5.41) is 19.3. The molecule has 6 nitrogen and oxygen atoms in total. The molecule has 7 heteroatoms. The van der Waals surface area contributed by atoms with Crippen molar-refractivity contribution in [2.45, 2.75) is 18.9 Å². The third-order valence-corrected chi connectivity index (χ3v) is 4.94. The first-order valence-corrected chi connectivity index (χ1v) is 9.01. The molecule has 1 unspecified atom stereocenters. The van der Waals surface area contributed by atoms with Gasteiger partial charge in [-0.05, 0) is 47.5 Å². The van der Waals surface area contributed by atoms with Crippen molar-refractivity contribution >= 4 is 23.6 Å². The second-order valence-electron chi connectivity index (χ2n) is 5.88. The minimum atomic E-state index is -0.642. The van der Waals surface area contributed by atoms with Gasteiger partial charge in [0.05, 0.1) is 11.3 Å². The number of aldehydes is 1. The zero-order valence-electron chi connectivity index (χ0n) is 14.2. The average Bonchev–Trinajstić information content (AvgIpc) is 3.12. The lowest BCUT2D eigenvalue weighted by Gasteiger charge is -2.19. The van der Waals surface area contributed by atoms with E-state index in [-0.39, 0.29) is 17.9 Å². The van der Waals surface area contributed by atoms with Gasteiger partial charge >= 0.3 is 5.97 Å². The molecule has 2 N–H and O–H groups in total. The zero-order chi connectivity index (χ0) is 19.2. The van der Waals surface area contributed by atoms with E-state index in [1.54, 1.807) is 30.6 Å². The van der Waals surface area contributed by atoms with Crippen LogP contribution in [0.4, 0.5) is 0 Å². The van der Waals surface area contributed by atoms with Gasteiger partial charge in [0.1, 0.15) is 6.10 Å². The summed E-state index contributed by atoms with van der Waals surface area (Å²) >= 11 is 1.24. The molecule has 1 atom stereocenters. The fourth-order valence-electron chi connectivity index (χ4n) is 2.60. The van der Waals surface area contributed by atoms with Crippen molar-refractivity contribution in [1.82, 2.24) is 4.98 Å². The number of thiophene rings is 1. The Bertz CT molecular complexity index is 939. The van der Waals surface area contributed by atoms with Crippen molar-refractivity contribution in [3.63, 3.8) is 0 Å². The molecular formula is C20H17NO5S. The highest BCUT2D eigenvalue weighted by Gasteiger charge is 2.20. The lowest BCUT2D eigenvalue weighted by atomic mass is 10.0. The van der Waals surface area contributed by atoms with Crippen LogP contribution in [0.3, 0.4) is 0 Å². The molecule has 3 rings (SSSR count). The van der Waals surface area contributed by atoms with Crippen LogP contribution in [0, 0.1) is 0 Å². The molecule has 27 heavy (non-hydrogen) atoms. The highest BCUT2D eigenvalue weighted by molar-refractivity contribution is 7.13. The van der Waals surface area contributed by atoms with Crippen LogP contribution in [0.5, 0.6) is 11.5 Å². The number of hydrogen-bond donors (Lipinski definition) is 2. The molecule has 1 aromatic carbocycles. The van der Waals surface area contributed by atoms with Crippen LogP contribution in [0.15, 0.2) is 54.9 Å². The predicted molar refractivity (Wildman–Crippen MR) is 100.0 cm³/mol. The number of esters is 1. The lowest BCUT2D eigenvalue weighted by Crippen LogP contribution is -2.15. The first-order chi connectivity index (χ1) is 13.0. The van der Waals surface area contributed by atoms with Gasteiger partial charge in [-0.1, -0.05) is 6.07 Å². The van der Waals surface area contributed by atoms with Crippen molar-refractivity contribution < 1.29 is 24.5 Å². The summed E-state index contributed by atoms with van der Waals surface area (Å²) in [4.78, 5) is 28.4. The molecule has 138 valence electrons. The smallest absolute Gasteiger partial charge is 0.311 e. The number of benzene rings is 1. The van der Waals surface area contributed by atoms with E-state index < -0.39 is 12.1 Å². The Kier molecular flexibility index (Phi) is 5.83. The molecule has 0 fully saturated rings. The summed E-state index contributed by atoms with van der Waals surface area (Å²) in [6.45, 7) is 0. The van der Waals surface area contributed by atoms with Crippen LogP contribution in [-0.2, 0) is 22.4 Å². The number of rotatable bonds is 7. The minimum Gasteiger partial charge on any atom is -0.504 e. The summed E-state index contributed by atoms with van der Waals surface area (Å²) < 4.78 is 5.65. The summed E-state index contributed by atoms with van der Waals surface area (Å²) in [6.07, 6.45) is 3.84. The molecule has 0 radical (unpaired) electrons. The third kappa shape index (κ3) is 4.92. The number of aromatic nitrogens is 1. The van der Waals surface area contributed by atoms with Gasteiger partial charge in [-0.2, -0.15) is 0 Å². The maximum atomic E-state index is 12.4. The van der Waals surface area contributed by atoms with Crippen LogP contribution in [0.25, 0.3) is 0 Å². The number of hydrogen-bond acceptors (Lipinski definition) is 7. The monoisotopic (exact) mass is 383 g/mol. The van der Waals surface area contributed by atoms with Crippen molar-refractivity contribution in [3.05, 3.63) is 75.7 Å². The van der Waals surface area contributed by atoms with Crippen molar-refractivity contribution in [2.75, 3.05) is 0 Å². The Balaban J connectivity index is 1.78. The van der Waals surface area contributed by atoms with Crippen molar-refractivity contribution in [2.24, 2.45) is 0 Å². The van der Waals surface area contributed by atoms with Gasteiger partial charge in [0.15, 0.2) is 17.8 Å². The van der Waals surface area contributed by atoms with Crippen molar-refractivity contribution in [3.8, 4) is 11.5 Å². The van der Waals surface area contributed by atoms with Crippen LogP contribution in [0.2, 0.25) is 0 Å². The predicted octanol–water partition coefficient (Wildman–Crippen LogP) is 3.44. The van der Waals surface area contributed by atoms with E-state index in [9.17, 15) is 19.8 Å². The van der Waals surface area contributed by atoms with E-state index >= 15 is 0 Å². The van der Waals surface area contributed by atoms with E-state index in [1.807, 2.05) is 12.1 Å². The van der Waals surface area contributed by atoms with Crippen LogP contribution < -0.4 is 0 Å². The molecule has 0 spiro atoms. The topological polar surface area (TPSA) is 96.7 Å². The molecular weight excluding hydrogens is 366 g/mol. The number of carbonyl (C=O) groups excluding carboxylic acids is 2. The van der Waals surface area contributed by atoms with Crippen LogP contribution in [0.1, 0.15) is 31.8 Å². The molecule has 0 bridgehead atoms. The fraction of sp³-hybridized carbons (Fsp3) is 0.150. The van der Waals surface area contributed by atoms with Gasteiger partial charge < -0.3 is 14.9 Å². The lowest BCUT2D eigenvalue weighted by molar-refractivity contribution is -0.148. The molecule has 0 saturated heterocycles. The third-order valence-electron chi connectivity index (χ3n) is 3.93. The van der Waals surface area contributed by atoms with E-state index in [1.165, 1.54) is 23.5 Å². The van der Waals surface area contributed by atoms with Gasteiger partial charge in [-0.3, -0.25) is 14.6 Å². The van der Waals surface area contributed by atoms with Gasteiger partial charge in [-0.25, -0.2) is 0 Å². The highest BCUT2D eigenvalue weighted by atomic mass is 32.1. The first-order valence-electron chi connectivity index (χ1n) is 8.19. The minimum absolute atomic E-state index is 0.0510. The highest BCUT2D eigenvalue weighted by Crippen LogP contribution is 2.31. The molecule has 0 aliphatic carbocycles. The molecule has 0 amide bonds. The molecule has 2 aromatic heterocycles. The largest absolute Gasteiger partial charge is 0.504 e. The Morgan fingerprint density at radius 3 is 2.56 bits per heavy atom. The zero-order valence-corrected chi connectivity index (χ0v) is 15.1. The van der Waals surface area contributed by atoms with Gasteiger partial charge in [0.25, 0.3) is 0 Å². The maximum Gasteiger partial charge on any atom is 0.311 e. The van der Waals surface area contributed by atoms with Crippen molar-refractivity contribution in [1.29, 1.82) is 0 Å². The second-order valence-corrected chi connectivity index (χ2v) is 7.08. The number of pyridine rings is 1. The summed E-state index contributed by atoms with van der Waals surface area (Å²) in [6, 6.07) is 11.3. The number of phenolic OH excluding ortho intramolecular Hbond substituents is 2. The number of aromatic hydroxyl groups is 2. The number of phenols is 2. The van der Waals surface area contributed by atoms with E-state index in [4.69, 9.17) is 4.74 Å². The maximum absolute atomic E-state index is 12.4. The van der Waals surface area contributed by atoms with Crippen LogP contribution >= 0.6 is 11.3 Å². The summed E-state index contributed by atoms with van der Waals surface area (Å²) in [5.41, 5.74) is 1.48. The number of ether oxygens (including phenoxy) is 1. The summed E-state index contributed by atoms with van der Waals surface area (Å²) in [7, 11) is 0. The fourth-order valence-corrected chi connectivity index (χ4v) is 3.41. The Morgan fingerprint density at radius 1 is 1.11 bits per heavy atom. The van der Waals surface area contributed by atoms with Gasteiger partial charge in [-0.15, -0.1) is 11.3 Å². The quantitative estimate of drug-likeness (QED) is 0.369. The standard InChI is InChI=1S/C20H17NO5S/c22-12-16-3-2-15(27-16)11-20(25)26-19(9-13-5-7-21-8-6-13)14-1-4-17(23)18(24)10-14/h1-8,10,12,19,23-24H,9,11H2. The van der Waals surface area contributed by atoms with E-state index in [0.29, 0.717) is 16.9 Å². The molecule has 0 aliphatic heterocycles. The Morgan fingerprint density at radius 2 is 1.89 bits per heavy atom. The first kappa shape index (κ1) is 18.6. The van der Waals surface area contributed by atoms with Crippen LogP contribution in [-0.4, -0.2) is 27.5 Å².